The molecule has 5 nitrogen and oxygen atoms in total. The molecule has 0 saturated heterocycles. The van der Waals surface area contributed by atoms with E-state index in [-0.39, 0.29) is 11.8 Å². The molecule has 0 heterocycles. The van der Waals surface area contributed by atoms with Crippen molar-refractivity contribution in [3.8, 4) is 5.75 Å². The fourth-order valence-corrected chi connectivity index (χ4v) is 2.40. The van der Waals surface area contributed by atoms with Crippen LogP contribution >= 0.6 is 0 Å². The SMILES string of the molecule is CCC(NCCCS(=O)(=O)O)c1cccc(OC)c1. The number of hydrogen-bond acceptors (Lipinski definition) is 4. The highest BCUT2D eigenvalue weighted by atomic mass is 32.2. The zero-order valence-electron chi connectivity index (χ0n) is 11.3. The van der Waals surface area contributed by atoms with E-state index in [1.165, 1.54) is 0 Å². The Balaban J connectivity index is 2.53. The van der Waals surface area contributed by atoms with E-state index in [9.17, 15) is 8.42 Å². The molecule has 1 aromatic rings. The summed E-state index contributed by atoms with van der Waals surface area (Å²) < 4.78 is 35.1. The topological polar surface area (TPSA) is 75.6 Å². The second kappa shape index (κ2) is 7.47. The second-order valence-corrected chi connectivity index (χ2v) is 5.90. The second-order valence-electron chi connectivity index (χ2n) is 4.33. The molecular formula is C13H21NO4S. The van der Waals surface area contributed by atoms with Crippen LogP contribution in [0, 0.1) is 0 Å². The van der Waals surface area contributed by atoms with Crippen molar-refractivity contribution in [2.75, 3.05) is 19.4 Å². The van der Waals surface area contributed by atoms with Crippen LogP contribution in [-0.4, -0.2) is 32.4 Å². The summed E-state index contributed by atoms with van der Waals surface area (Å²) in [5.41, 5.74) is 1.11. The number of methoxy groups -OCH3 is 1. The standard InChI is InChI=1S/C13H21NO4S/c1-3-13(14-8-5-9-19(15,16)17)11-6-4-7-12(10-11)18-2/h4,6-7,10,13-14H,3,5,8-9H2,1-2H3,(H,15,16,17). The van der Waals surface area contributed by atoms with Crippen molar-refractivity contribution in [3.05, 3.63) is 29.8 Å². The lowest BCUT2D eigenvalue weighted by Gasteiger charge is -2.18. The molecule has 108 valence electrons. The third kappa shape index (κ3) is 6.04. The molecule has 0 aromatic heterocycles. The zero-order chi connectivity index (χ0) is 14.3. The van der Waals surface area contributed by atoms with Crippen LogP contribution in [0.1, 0.15) is 31.4 Å². The van der Waals surface area contributed by atoms with Crippen molar-refractivity contribution < 1.29 is 17.7 Å². The number of hydrogen-bond donors (Lipinski definition) is 2. The van der Waals surface area contributed by atoms with Crippen LogP contribution in [0.15, 0.2) is 24.3 Å². The molecule has 2 N–H and O–H groups in total. The number of ether oxygens (including phenoxy) is 1. The quantitative estimate of drug-likeness (QED) is 0.565. The van der Waals surface area contributed by atoms with Gasteiger partial charge in [-0.1, -0.05) is 19.1 Å². The number of nitrogens with one attached hydrogen (secondary N) is 1. The minimum absolute atomic E-state index is 0.150. The molecule has 0 aliphatic rings. The molecule has 0 amide bonds. The molecule has 6 heteroatoms. The Hall–Kier alpha value is -1.11. The lowest BCUT2D eigenvalue weighted by atomic mass is 10.0. The Bertz CT molecular complexity index is 487. The first-order valence-electron chi connectivity index (χ1n) is 6.28. The Labute approximate surface area is 114 Å². The van der Waals surface area contributed by atoms with E-state index in [1.807, 2.05) is 24.3 Å². The van der Waals surface area contributed by atoms with Crippen LogP contribution in [0.5, 0.6) is 5.75 Å². The Kier molecular flexibility index (Phi) is 6.27. The molecule has 0 aliphatic heterocycles. The van der Waals surface area contributed by atoms with Crippen LogP contribution in [0.4, 0.5) is 0 Å². The largest absolute Gasteiger partial charge is 0.497 e. The van der Waals surface area contributed by atoms with Gasteiger partial charge in [-0.2, -0.15) is 8.42 Å². The minimum Gasteiger partial charge on any atom is -0.497 e. The molecule has 0 fully saturated rings. The van der Waals surface area contributed by atoms with E-state index in [4.69, 9.17) is 9.29 Å². The molecule has 0 spiro atoms. The third-order valence-corrected chi connectivity index (χ3v) is 3.68. The van der Waals surface area contributed by atoms with Gasteiger partial charge in [-0.25, -0.2) is 0 Å². The van der Waals surface area contributed by atoms with Crippen molar-refractivity contribution in [1.29, 1.82) is 0 Å². The molecule has 0 bridgehead atoms. The smallest absolute Gasteiger partial charge is 0.264 e. The third-order valence-electron chi connectivity index (χ3n) is 2.87. The van der Waals surface area contributed by atoms with Gasteiger partial charge in [0.25, 0.3) is 10.1 Å². The first-order valence-corrected chi connectivity index (χ1v) is 7.89. The predicted octanol–water partition coefficient (Wildman–Crippen LogP) is 2.01. The molecule has 19 heavy (non-hydrogen) atoms. The minimum atomic E-state index is -3.86. The maximum Gasteiger partial charge on any atom is 0.264 e. The fourth-order valence-electron chi connectivity index (χ4n) is 1.89. The number of benzene rings is 1. The number of rotatable bonds is 8. The Morgan fingerprint density at radius 2 is 2.16 bits per heavy atom. The van der Waals surface area contributed by atoms with Gasteiger partial charge in [-0.3, -0.25) is 4.55 Å². The van der Waals surface area contributed by atoms with Crippen molar-refractivity contribution in [2.24, 2.45) is 0 Å². The average molecular weight is 287 g/mol. The van der Waals surface area contributed by atoms with Crippen molar-refractivity contribution >= 4 is 10.1 Å². The monoisotopic (exact) mass is 287 g/mol. The van der Waals surface area contributed by atoms with E-state index in [1.54, 1.807) is 7.11 Å². The van der Waals surface area contributed by atoms with Gasteiger partial charge in [0, 0.05) is 6.04 Å². The van der Waals surface area contributed by atoms with E-state index >= 15 is 0 Å². The molecule has 0 saturated carbocycles. The van der Waals surface area contributed by atoms with Crippen molar-refractivity contribution in [2.45, 2.75) is 25.8 Å². The molecule has 1 aromatic carbocycles. The molecule has 0 aliphatic carbocycles. The van der Waals surface area contributed by atoms with Gasteiger partial charge < -0.3 is 10.1 Å². The van der Waals surface area contributed by atoms with Gasteiger partial charge in [0.1, 0.15) is 5.75 Å². The van der Waals surface area contributed by atoms with Crippen LogP contribution in [0.3, 0.4) is 0 Å². The van der Waals surface area contributed by atoms with E-state index in [2.05, 4.69) is 12.2 Å². The highest BCUT2D eigenvalue weighted by Crippen LogP contribution is 2.21. The normalized spacial score (nSPS) is 13.2. The Morgan fingerprint density at radius 3 is 2.74 bits per heavy atom. The summed E-state index contributed by atoms with van der Waals surface area (Å²) in [7, 11) is -2.24. The van der Waals surface area contributed by atoms with Gasteiger partial charge in [0.05, 0.1) is 12.9 Å². The first kappa shape index (κ1) is 15.9. The summed E-state index contributed by atoms with van der Waals surface area (Å²) in [6, 6.07) is 7.93. The molecule has 1 rings (SSSR count). The lowest BCUT2D eigenvalue weighted by molar-refractivity contribution is 0.412. The summed E-state index contributed by atoms with van der Waals surface area (Å²) in [6.45, 7) is 2.59. The maximum atomic E-state index is 10.6. The summed E-state index contributed by atoms with van der Waals surface area (Å²) in [5.74, 6) is 0.588. The molecular weight excluding hydrogens is 266 g/mol. The summed E-state index contributed by atoms with van der Waals surface area (Å²) >= 11 is 0. The lowest BCUT2D eigenvalue weighted by Crippen LogP contribution is -2.23. The van der Waals surface area contributed by atoms with E-state index in [0.717, 1.165) is 17.7 Å². The van der Waals surface area contributed by atoms with Gasteiger partial charge in [0.2, 0.25) is 0 Å². The van der Waals surface area contributed by atoms with Gasteiger partial charge in [0.15, 0.2) is 0 Å². The molecule has 0 radical (unpaired) electrons. The summed E-state index contributed by atoms with van der Waals surface area (Å²) in [4.78, 5) is 0. The Morgan fingerprint density at radius 1 is 1.42 bits per heavy atom. The van der Waals surface area contributed by atoms with Gasteiger partial charge in [-0.05, 0) is 37.1 Å². The van der Waals surface area contributed by atoms with Crippen LogP contribution in [0.25, 0.3) is 0 Å². The summed E-state index contributed by atoms with van der Waals surface area (Å²) in [5, 5.41) is 3.28. The van der Waals surface area contributed by atoms with Crippen LogP contribution in [-0.2, 0) is 10.1 Å². The van der Waals surface area contributed by atoms with Crippen molar-refractivity contribution in [1.82, 2.24) is 5.32 Å². The maximum absolute atomic E-state index is 10.6. The highest BCUT2D eigenvalue weighted by molar-refractivity contribution is 7.85. The predicted molar refractivity (Wildman–Crippen MR) is 75.1 cm³/mol. The highest BCUT2D eigenvalue weighted by Gasteiger charge is 2.10. The van der Waals surface area contributed by atoms with Gasteiger partial charge in [-0.15, -0.1) is 0 Å². The zero-order valence-corrected chi connectivity index (χ0v) is 12.1. The van der Waals surface area contributed by atoms with Crippen molar-refractivity contribution in [3.63, 3.8) is 0 Å². The molecule has 1 unspecified atom stereocenters. The fraction of sp³-hybridized carbons (Fsp3) is 0.538. The molecule has 1 atom stereocenters. The van der Waals surface area contributed by atoms with Crippen LogP contribution < -0.4 is 10.1 Å². The summed E-state index contributed by atoms with van der Waals surface area (Å²) in [6.07, 6.45) is 1.28. The average Bonchev–Trinajstić information content (AvgIpc) is 2.37. The first-order chi connectivity index (χ1) is 8.96. The van der Waals surface area contributed by atoms with E-state index < -0.39 is 10.1 Å². The van der Waals surface area contributed by atoms with Crippen LogP contribution in [0.2, 0.25) is 0 Å². The van der Waals surface area contributed by atoms with Gasteiger partial charge >= 0.3 is 0 Å². The van der Waals surface area contributed by atoms with E-state index in [0.29, 0.717) is 13.0 Å².